The molecule has 94 valence electrons. The first-order valence-electron chi connectivity index (χ1n) is 5.83. The third kappa shape index (κ3) is 2.88. The highest BCUT2D eigenvalue weighted by molar-refractivity contribution is 5.92. The number of hydrogen-bond donors (Lipinski definition) is 3. The van der Waals surface area contributed by atoms with Gasteiger partial charge in [-0.05, 0) is 30.7 Å². The molecule has 0 aliphatic carbocycles. The van der Waals surface area contributed by atoms with Crippen molar-refractivity contribution in [3.8, 4) is 0 Å². The average Bonchev–Trinajstić information content (AvgIpc) is 2.34. The lowest BCUT2D eigenvalue weighted by Crippen LogP contribution is -2.12. The number of nitrogens with zero attached hydrogens (tertiary/aromatic N) is 1. The van der Waals surface area contributed by atoms with E-state index in [0.29, 0.717) is 25.1 Å². The zero-order valence-corrected chi connectivity index (χ0v) is 10.0. The molecule has 5 N–H and O–H groups in total. The van der Waals surface area contributed by atoms with Crippen molar-refractivity contribution in [3.63, 3.8) is 0 Å². The third-order valence-electron chi connectivity index (χ3n) is 2.68. The van der Waals surface area contributed by atoms with Gasteiger partial charge in [0.1, 0.15) is 0 Å². The van der Waals surface area contributed by atoms with E-state index in [0.717, 1.165) is 16.6 Å². The fraction of sp³-hybridized carbons (Fsp3) is 0.231. The zero-order valence-electron chi connectivity index (χ0n) is 10.0. The van der Waals surface area contributed by atoms with E-state index in [9.17, 15) is 4.79 Å². The summed E-state index contributed by atoms with van der Waals surface area (Å²) in [6.45, 7) is 0.701. The molecule has 1 aromatic carbocycles. The van der Waals surface area contributed by atoms with Crippen molar-refractivity contribution in [2.24, 2.45) is 5.73 Å². The normalized spacial score (nSPS) is 10.4. The summed E-state index contributed by atoms with van der Waals surface area (Å²) >= 11 is 0. The summed E-state index contributed by atoms with van der Waals surface area (Å²) in [5, 5.41) is 4.29. The van der Waals surface area contributed by atoms with E-state index >= 15 is 0 Å². The Morgan fingerprint density at radius 2 is 2.17 bits per heavy atom. The second-order valence-corrected chi connectivity index (χ2v) is 4.13. The lowest BCUT2D eigenvalue weighted by Gasteiger charge is -2.09. The first-order valence-corrected chi connectivity index (χ1v) is 5.83. The zero-order chi connectivity index (χ0) is 13.0. The average molecular weight is 244 g/mol. The quantitative estimate of drug-likeness (QED) is 0.548. The van der Waals surface area contributed by atoms with Crippen molar-refractivity contribution in [3.05, 3.63) is 30.5 Å². The van der Waals surface area contributed by atoms with Crippen molar-refractivity contribution in [2.45, 2.75) is 12.8 Å². The molecule has 0 radical (unpaired) electrons. The van der Waals surface area contributed by atoms with E-state index in [1.54, 1.807) is 6.20 Å². The van der Waals surface area contributed by atoms with Gasteiger partial charge in [0.15, 0.2) is 0 Å². The first kappa shape index (κ1) is 12.2. The molecule has 18 heavy (non-hydrogen) atoms. The molecular formula is C13H16N4O. The van der Waals surface area contributed by atoms with Crippen LogP contribution >= 0.6 is 0 Å². The Morgan fingerprint density at radius 1 is 1.33 bits per heavy atom. The molecule has 0 atom stereocenters. The van der Waals surface area contributed by atoms with Crippen LogP contribution in [0.1, 0.15) is 12.8 Å². The maximum atomic E-state index is 10.6. The number of nitrogen functional groups attached to an aromatic ring is 1. The monoisotopic (exact) mass is 244 g/mol. The Hall–Kier alpha value is -2.30. The number of pyridine rings is 1. The molecule has 2 rings (SSSR count). The number of hydrogen-bond acceptors (Lipinski definition) is 4. The molecule has 0 spiro atoms. The predicted molar refractivity (Wildman–Crippen MR) is 73.1 cm³/mol. The predicted octanol–water partition coefficient (Wildman–Crippen LogP) is 1.49. The van der Waals surface area contributed by atoms with E-state index in [4.69, 9.17) is 11.5 Å². The highest BCUT2D eigenvalue weighted by Gasteiger charge is 2.02. The number of primary amides is 1. The molecule has 2 aromatic rings. The Bertz CT molecular complexity index is 568. The van der Waals surface area contributed by atoms with Gasteiger partial charge in [0, 0.05) is 35.9 Å². The molecule has 0 unspecified atom stereocenters. The van der Waals surface area contributed by atoms with Crippen LogP contribution in [-0.2, 0) is 4.79 Å². The van der Waals surface area contributed by atoms with Gasteiger partial charge in [0.05, 0.1) is 5.52 Å². The number of anilines is 2. The Balaban J connectivity index is 2.11. The maximum Gasteiger partial charge on any atom is 0.217 e. The standard InChI is InChI=1S/C13H16N4O/c14-9-3-4-10-11(5-7-17-12(10)8-9)16-6-1-2-13(15)18/h3-5,7-8H,1-2,6,14H2,(H2,15,18)(H,16,17). The minimum Gasteiger partial charge on any atom is -0.399 e. The van der Waals surface area contributed by atoms with Crippen molar-refractivity contribution in [1.29, 1.82) is 0 Å². The highest BCUT2D eigenvalue weighted by Crippen LogP contribution is 2.23. The van der Waals surface area contributed by atoms with Gasteiger partial charge in [0.25, 0.3) is 0 Å². The van der Waals surface area contributed by atoms with Crippen molar-refractivity contribution < 1.29 is 4.79 Å². The molecule has 0 bridgehead atoms. The van der Waals surface area contributed by atoms with Gasteiger partial charge in [-0.3, -0.25) is 9.78 Å². The Kier molecular flexibility index (Phi) is 3.62. The summed E-state index contributed by atoms with van der Waals surface area (Å²) in [6, 6.07) is 7.53. The second kappa shape index (κ2) is 5.35. The number of carbonyl (C=O) groups excluding carboxylic acids is 1. The number of nitrogens with two attached hydrogens (primary N) is 2. The number of aromatic nitrogens is 1. The molecular weight excluding hydrogens is 228 g/mol. The lowest BCUT2D eigenvalue weighted by atomic mass is 10.1. The van der Waals surface area contributed by atoms with Crippen LogP contribution in [0.2, 0.25) is 0 Å². The summed E-state index contributed by atoms with van der Waals surface area (Å²) in [4.78, 5) is 14.9. The van der Waals surface area contributed by atoms with Crippen molar-refractivity contribution in [1.82, 2.24) is 4.98 Å². The van der Waals surface area contributed by atoms with Gasteiger partial charge in [-0.25, -0.2) is 0 Å². The van der Waals surface area contributed by atoms with E-state index in [1.165, 1.54) is 0 Å². The van der Waals surface area contributed by atoms with E-state index in [1.807, 2.05) is 24.3 Å². The number of carbonyl (C=O) groups is 1. The van der Waals surface area contributed by atoms with Gasteiger partial charge in [0.2, 0.25) is 5.91 Å². The summed E-state index contributed by atoms with van der Waals surface area (Å²) in [6.07, 6.45) is 2.84. The van der Waals surface area contributed by atoms with E-state index < -0.39 is 0 Å². The maximum absolute atomic E-state index is 10.6. The largest absolute Gasteiger partial charge is 0.399 e. The number of nitrogens with one attached hydrogen (secondary N) is 1. The Labute approximate surface area is 105 Å². The molecule has 0 saturated carbocycles. The molecule has 5 nitrogen and oxygen atoms in total. The number of amides is 1. The topological polar surface area (TPSA) is 94.0 Å². The number of rotatable bonds is 5. The van der Waals surface area contributed by atoms with Crippen LogP contribution in [-0.4, -0.2) is 17.4 Å². The van der Waals surface area contributed by atoms with Gasteiger partial charge in [-0.1, -0.05) is 0 Å². The molecule has 5 heteroatoms. The second-order valence-electron chi connectivity index (χ2n) is 4.13. The fourth-order valence-electron chi connectivity index (χ4n) is 1.80. The number of benzene rings is 1. The minimum absolute atomic E-state index is 0.274. The Morgan fingerprint density at radius 3 is 2.94 bits per heavy atom. The van der Waals surface area contributed by atoms with Crippen LogP contribution in [0.15, 0.2) is 30.5 Å². The van der Waals surface area contributed by atoms with Crippen LogP contribution in [0, 0.1) is 0 Å². The molecule has 1 aromatic heterocycles. The van der Waals surface area contributed by atoms with Gasteiger partial charge >= 0.3 is 0 Å². The molecule has 0 aliphatic heterocycles. The van der Waals surface area contributed by atoms with Crippen LogP contribution in [0.25, 0.3) is 10.9 Å². The molecule has 1 amide bonds. The van der Waals surface area contributed by atoms with Gasteiger partial charge < -0.3 is 16.8 Å². The lowest BCUT2D eigenvalue weighted by molar-refractivity contribution is -0.118. The minimum atomic E-state index is -0.274. The van der Waals surface area contributed by atoms with Crippen LogP contribution < -0.4 is 16.8 Å². The number of fused-ring (bicyclic) bond motifs is 1. The molecule has 0 saturated heterocycles. The van der Waals surface area contributed by atoms with Crippen LogP contribution in [0.5, 0.6) is 0 Å². The third-order valence-corrected chi connectivity index (χ3v) is 2.68. The highest BCUT2D eigenvalue weighted by atomic mass is 16.1. The van der Waals surface area contributed by atoms with E-state index in [2.05, 4.69) is 10.3 Å². The summed E-state index contributed by atoms with van der Waals surface area (Å²) in [5.74, 6) is -0.274. The van der Waals surface area contributed by atoms with E-state index in [-0.39, 0.29) is 5.91 Å². The van der Waals surface area contributed by atoms with Gasteiger partial charge in [-0.15, -0.1) is 0 Å². The van der Waals surface area contributed by atoms with Crippen LogP contribution in [0.4, 0.5) is 11.4 Å². The van der Waals surface area contributed by atoms with Crippen molar-refractivity contribution in [2.75, 3.05) is 17.6 Å². The SMILES string of the molecule is NC(=O)CCCNc1ccnc2cc(N)ccc12. The summed E-state index contributed by atoms with van der Waals surface area (Å²) < 4.78 is 0. The first-order chi connectivity index (χ1) is 8.66. The summed E-state index contributed by atoms with van der Waals surface area (Å²) in [7, 11) is 0. The van der Waals surface area contributed by atoms with Crippen LogP contribution in [0.3, 0.4) is 0 Å². The molecule has 0 aliphatic rings. The van der Waals surface area contributed by atoms with Gasteiger partial charge in [-0.2, -0.15) is 0 Å². The fourth-order valence-corrected chi connectivity index (χ4v) is 1.80. The smallest absolute Gasteiger partial charge is 0.217 e. The van der Waals surface area contributed by atoms with Crippen molar-refractivity contribution >= 4 is 28.2 Å². The molecule has 0 fully saturated rings. The summed E-state index contributed by atoms with van der Waals surface area (Å²) in [5.41, 5.74) is 13.3. The molecule has 1 heterocycles.